The molecule has 0 aromatic heterocycles. The molecule has 4 heteroatoms. The van der Waals surface area contributed by atoms with Crippen molar-refractivity contribution in [3.8, 4) is 11.1 Å². The lowest BCUT2D eigenvalue weighted by molar-refractivity contribution is 0.627. The molecule has 1 nitrogen and oxygen atoms in total. The first-order valence-corrected chi connectivity index (χ1v) is 6.26. The summed E-state index contributed by atoms with van der Waals surface area (Å²) < 4.78 is 14.0. The van der Waals surface area contributed by atoms with E-state index in [9.17, 15) is 4.39 Å². The predicted molar refractivity (Wildman–Crippen MR) is 74.6 cm³/mol. The van der Waals surface area contributed by atoms with Gasteiger partial charge in [-0.2, -0.15) is 0 Å². The highest BCUT2D eigenvalue weighted by atomic mass is 35.5. The summed E-state index contributed by atoms with van der Waals surface area (Å²) in [4.78, 5) is 0. The average Bonchev–Trinajstić information content (AvgIpc) is 2.33. The van der Waals surface area contributed by atoms with Gasteiger partial charge in [0.15, 0.2) is 0 Å². The second-order valence-corrected chi connectivity index (χ2v) is 4.81. The Morgan fingerprint density at radius 2 is 1.83 bits per heavy atom. The third-order valence-corrected chi connectivity index (χ3v) is 3.20. The fourth-order valence-electron chi connectivity index (χ4n) is 1.80. The maximum atomic E-state index is 14.0. The Bertz CT molecular complexity index is 570. The first kappa shape index (κ1) is 13.3. The van der Waals surface area contributed by atoms with Crippen LogP contribution in [0.5, 0.6) is 0 Å². The van der Waals surface area contributed by atoms with E-state index in [0.717, 1.165) is 5.56 Å². The summed E-state index contributed by atoms with van der Waals surface area (Å²) in [6, 6.07) is 10.1. The summed E-state index contributed by atoms with van der Waals surface area (Å²) in [6.07, 6.45) is 0. The van der Waals surface area contributed by atoms with Crippen LogP contribution in [0.15, 0.2) is 36.4 Å². The van der Waals surface area contributed by atoms with E-state index >= 15 is 0 Å². The molecular formula is C14H12Cl2FN. The zero-order valence-electron chi connectivity index (χ0n) is 9.81. The lowest BCUT2D eigenvalue weighted by Gasteiger charge is -2.08. The van der Waals surface area contributed by atoms with Crippen LogP contribution in [-0.2, 0) is 6.54 Å². The van der Waals surface area contributed by atoms with Gasteiger partial charge in [-0.1, -0.05) is 35.3 Å². The molecule has 0 unspecified atom stereocenters. The maximum absolute atomic E-state index is 14.0. The fourth-order valence-corrected chi connectivity index (χ4v) is 2.19. The molecule has 2 aromatic carbocycles. The lowest BCUT2D eigenvalue weighted by atomic mass is 10.0. The first-order valence-electron chi connectivity index (χ1n) is 5.50. The van der Waals surface area contributed by atoms with Crippen LogP contribution in [0.2, 0.25) is 10.0 Å². The quantitative estimate of drug-likeness (QED) is 0.873. The van der Waals surface area contributed by atoms with Crippen LogP contribution in [-0.4, -0.2) is 7.05 Å². The van der Waals surface area contributed by atoms with Crippen molar-refractivity contribution in [3.63, 3.8) is 0 Å². The Balaban J connectivity index is 2.47. The number of nitrogens with one attached hydrogen (secondary N) is 1. The monoisotopic (exact) mass is 283 g/mol. The van der Waals surface area contributed by atoms with Crippen molar-refractivity contribution in [2.24, 2.45) is 0 Å². The maximum Gasteiger partial charge on any atom is 0.131 e. The van der Waals surface area contributed by atoms with Crippen LogP contribution < -0.4 is 5.32 Å². The molecule has 1 N–H and O–H groups in total. The van der Waals surface area contributed by atoms with Gasteiger partial charge in [-0.3, -0.25) is 0 Å². The highest BCUT2D eigenvalue weighted by molar-refractivity contribution is 6.35. The molecule has 0 saturated heterocycles. The summed E-state index contributed by atoms with van der Waals surface area (Å²) in [5, 5.41) is 4.00. The molecule has 0 saturated carbocycles. The van der Waals surface area contributed by atoms with Crippen molar-refractivity contribution >= 4 is 23.2 Å². The molecule has 0 radical (unpaired) electrons. The number of hydrogen-bond donors (Lipinski definition) is 1. The average molecular weight is 284 g/mol. The largest absolute Gasteiger partial charge is 0.316 e. The van der Waals surface area contributed by atoms with Crippen LogP contribution >= 0.6 is 23.2 Å². The highest BCUT2D eigenvalue weighted by Crippen LogP contribution is 2.32. The van der Waals surface area contributed by atoms with E-state index < -0.39 is 0 Å². The molecule has 0 aliphatic carbocycles. The van der Waals surface area contributed by atoms with Gasteiger partial charge in [0.1, 0.15) is 5.82 Å². The standard InChI is InChI=1S/C14H12Cl2FN/c1-18-8-9-2-4-11(14(17)6-9)12-7-10(15)3-5-13(12)16/h2-7,18H,8H2,1H3. The summed E-state index contributed by atoms with van der Waals surface area (Å²) in [5.74, 6) is -0.299. The normalized spacial score (nSPS) is 10.7. The third-order valence-electron chi connectivity index (χ3n) is 2.63. The molecule has 0 aliphatic rings. The topological polar surface area (TPSA) is 12.0 Å². The molecule has 0 atom stereocenters. The third kappa shape index (κ3) is 2.83. The van der Waals surface area contributed by atoms with Gasteiger partial charge in [0.05, 0.1) is 0 Å². The van der Waals surface area contributed by atoms with Gasteiger partial charge in [-0.25, -0.2) is 4.39 Å². The fraction of sp³-hybridized carbons (Fsp3) is 0.143. The molecular weight excluding hydrogens is 272 g/mol. The van der Waals surface area contributed by atoms with Gasteiger partial charge in [-0.15, -0.1) is 0 Å². The summed E-state index contributed by atoms with van der Waals surface area (Å²) in [5.41, 5.74) is 1.96. The second kappa shape index (κ2) is 5.70. The molecule has 0 spiro atoms. The van der Waals surface area contributed by atoms with Crippen molar-refractivity contribution in [2.45, 2.75) is 6.54 Å². The van der Waals surface area contributed by atoms with Crippen LogP contribution in [0.3, 0.4) is 0 Å². The molecule has 0 amide bonds. The number of benzene rings is 2. The Kier molecular flexibility index (Phi) is 4.23. The molecule has 0 aliphatic heterocycles. The SMILES string of the molecule is CNCc1ccc(-c2cc(Cl)ccc2Cl)c(F)c1. The zero-order chi connectivity index (χ0) is 13.1. The van der Waals surface area contributed by atoms with Gasteiger partial charge < -0.3 is 5.32 Å². The Hall–Kier alpha value is -1.09. The Morgan fingerprint density at radius 1 is 1.06 bits per heavy atom. The van der Waals surface area contributed by atoms with Crippen LogP contribution in [0, 0.1) is 5.82 Å². The van der Waals surface area contributed by atoms with Gasteiger partial charge in [0, 0.05) is 27.7 Å². The van der Waals surface area contributed by atoms with Crippen molar-refractivity contribution in [3.05, 3.63) is 57.8 Å². The Labute approximate surface area is 116 Å². The van der Waals surface area contributed by atoms with Gasteiger partial charge in [0.25, 0.3) is 0 Å². The second-order valence-electron chi connectivity index (χ2n) is 3.97. The summed E-state index contributed by atoms with van der Waals surface area (Å²) in [6.45, 7) is 0.625. The minimum atomic E-state index is -0.299. The van der Waals surface area contributed by atoms with Crippen molar-refractivity contribution in [1.82, 2.24) is 5.32 Å². The zero-order valence-corrected chi connectivity index (χ0v) is 11.3. The van der Waals surface area contributed by atoms with E-state index in [0.29, 0.717) is 27.7 Å². The molecule has 18 heavy (non-hydrogen) atoms. The van der Waals surface area contributed by atoms with Crippen molar-refractivity contribution in [2.75, 3.05) is 7.05 Å². The minimum absolute atomic E-state index is 0.299. The molecule has 0 fully saturated rings. The summed E-state index contributed by atoms with van der Waals surface area (Å²) >= 11 is 12.0. The molecule has 0 bridgehead atoms. The van der Waals surface area contributed by atoms with E-state index in [4.69, 9.17) is 23.2 Å². The number of halogens is 3. The first-order chi connectivity index (χ1) is 8.61. The highest BCUT2D eigenvalue weighted by Gasteiger charge is 2.10. The van der Waals surface area contributed by atoms with E-state index in [1.165, 1.54) is 6.07 Å². The molecule has 2 aromatic rings. The van der Waals surface area contributed by atoms with Crippen molar-refractivity contribution in [1.29, 1.82) is 0 Å². The van der Waals surface area contributed by atoms with Crippen LogP contribution in [0.25, 0.3) is 11.1 Å². The van der Waals surface area contributed by atoms with Gasteiger partial charge in [0.2, 0.25) is 0 Å². The predicted octanol–water partition coefficient (Wildman–Crippen LogP) is 4.52. The minimum Gasteiger partial charge on any atom is -0.316 e. The number of hydrogen-bond acceptors (Lipinski definition) is 1. The van der Waals surface area contributed by atoms with E-state index in [1.54, 1.807) is 24.3 Å². The van der Waals surface area contributed by atoms with E-state index in [-0.39, 0.29) is 5.82 Å². The van der Waals surface area contributed by atoms with E-state index in [2.05, 4.69) is 5.32 Å². The summed E-state index contributed by atoms with van der Waals surface area (Å²) in [7, 11) is 1.82. The van der Waals surface area contributed by atoms with Gasteiger partial charge >= 0.3 is 0 Å². The number of rotatable bonds is 3. The lowest BCUT2D eigenvalue weighted by Crippen LogP contribution is -2.05. The van der Waals surface area contributed by atoms with Crippen molar-refractivity contribution < 1.29 is 4.39 Å². The Morgan fingerprint density at radius 3 is 2.50 bits per heavy atom. The molecule has 94 valence electrons. The smallest absolute Gasteiger partial charge is 0.131 e. The molecule has 2 rings (SSSR count). The van der Waals surface area contributed by atoms with E-state index in [1.807, 2.05) is 13.1 Å². The van der Waals surface area contributed by atoms with Crippen LogP contribution in [0.1, 0.15) is 5.56 Å². The van der Waals surface area contributed by atoms with Gasteiger partial charge in [-0.05, 0) is 36.9 Å². The van der Waals surface area contributed by atoms with Crippen LogP contribution in [0.4, 0.5) is 4.39 Å². The molecule has 0 heterocycles.